The van der Waals surface area contributed by atoms with Crippen LogP contribution in [0, 0.1) is 0 Å². The second-order valence-corrected chi connectivity index (χ2v) is 4.93. The smallest absolute Gasteiger partial charge is 0.184 e. The van der Waals surface area contributed by atoms with Crippen molar-refractivity contribution in [1.82, 2.24) is 0 Å². The lowest BCUT2D eigenvalue weighted by Gasteiger charge is -2.46. The molecule has 2 heterocycles. The molecule has 0 aliphatic carbocycles. The van der Waals surface area contributed by atoms with Crippen LogP contribution in [0.3, 0.4) is 0 Å². The zero-order chi connectivity index (χ0) is 14.1. The van der Waals surface area contributed by atoms with E-state index in [0.717, 1.165) is 5.56 Å². The summed E-state index contributed by atoms with van der Waals surface area (Å²) >= 11 is 0. The fourth-order valence-electron chi connectivity index (χ4n) is 2.62. The van der Waals surface area contributed by atoms with Gasteiger partial charge < -0.3 is 29.2 Å². The molecular formula is C14H18O6. The molecule has 1 aromatic rings. The van der Waals surface area contributed by atoms with Gasteiger partial charge in [0.15, 0.2) is 12.6 Å². The SMILES string of the molecule is CO[C@@H]1[C@H](O)[C@@H]2OC(c3ccccc3)OC[C@H]2O[C@@H]1O. The maximum atomic E-state index is 10.3. The number of fused-ring (bicyclic) bond motifs is 1. The summed E-state index contributed by atoms with van der Waals surface area (Å²) in [5.41, 5.74) is 0.873. The Morgan fingerprint density at radius 2 is 1.90 bits per heavy atom. The number of hydrogen-bond donors (Lipinski definition) is 2. The Labute approximate surface area is 116 Å². The zero-order valence-electron chi connectivity index (χ0n) is 11.1. The Bertz CT molecular complexity index is 439. The third-order valence-corrected chi connectivity index (χ3v) is 3.67. The van der Waals surface area contributed by atoms with Crippen LogP contribution in [0.15, 0.2) is 30.3 Å². The van der Waals surface area contributed by atoms with Crippen LogP contribution in [-0.4, -0.2) is 54.6 Å². The maximum Gasteiger partial charge on any atom is 0.184 e. The fourth-order valence-corrected chi connectivity index (χ4v) is 2.62. The number of rotatable bonds is 2. The lowest BCUT2D eigenvalue weighted by molar-refractivity contribution is -0.357. The average molecular weight is 282 g/mol. The largest absolute Gasteiger partial charge is 0.387 e. The molecule has 20 heavy (non-hydrogen) atoms. The van der Waals surface area contributed by atoms with E-state index in [1.54, 1.807) is 0 Å². The molecule has 2 aliphatic rings. The van der Waals surface area contributed by atoms with Gasteiger partial charge in [0.2, 0.25) is 0 Å². The maximum absolute atomic E-state index is 10.3. The number of methoxy groups -OCH3 is 1. The predicted molar refractivity (Wildman–Crippen MR) is 67.7 cm³/mol. The van der Waals surface area contributed by atoms with Gasteiger partial charge in [0.05, 0.1) is 6.61 Å². The summed E-state index contributed by atoms with van der Waals surface area (Å²) in [6.07, 6.45) is -4.64. The van der Waals surface area contributed by atoms with Gasteiger partial charge >= 0.3 is 0 Å². The van der Waals surface area contributed by atoms with Gasteiger partial charge in [0.25, 0.3) is 0 Å². The van der Waals surface area contributed by atoms with Crippen molar-refractivity contribution in [1.29, 1.82) is 0 Å². The highest BCUT2D eigenvalue weighted by Gasteiger charge is 2.49. The van der Waals surface area contributed by atoms with E-state index in [0.29, 0.717) is 0 Å². The Morgan fingerprint density at radius 1 is 1.15 bits per heavy atom. The molecule has 0 bridgehead atoms. The molecule has 2 fully saturated rings. The van der Waals surface area contributed by atoms with Crippen molar-refractivity contribution in [3.05, 3.63) is 35.9 Å². The first-order valence-corrected chi connectivity index (χ1v) is 6.57. The van der Waals surface area contributed by atoms with Crippen molar-refractivity contribution in [2.75, 3.05) is 13.7 Å². The van der Waals surface area contributed by atoms with Crippen LogP contribution in [-0.2, 0) is 18.9 Å². The van der Waals surface area contributed by atoms with Gasteiger partial charge in [-0.3, -0.25) is 0 Å². The first-order valence-electron chi connectivity index (χ1n) is 6.57. The van der Waals surface area contributed by atoms with Crippen molar-refractivity contribution in [3.8, 4) is 0 Å². The van der Waals surface area contributed by atoms with E-state index in [-0.39, 0.29) is 6.61 Å². The molecule has 110 valence electrons. The van der Waals surface area contributed by atoms with Crippen LogP contribution in [0.1, 0.15) is 11.9 Å². The van der Waals surface area contributed by atoms with Crippen molar-refractivity contribution < 1.29 is 29.2 Å². The summed E-state index contributed by atoms with van der Waals surface area (Å²) in [5, 5.41) is 20.0. The fraction of sp³-hybridized carbons (Fsp3) is 0.571. The lowest BCUT2D eigenvalue weighted by atomic mass is 9.98. The summed E-state index contributed by atoms with van der Waals surface area (Å²) < 4.78 is 21.8. The first kappa shape index (κ1) is 13.9. The third kappa shape index (κ3) is 2.46. The minimum atomic E-state index is -1.18. The molecule has 0 aromatic heterocycles. The number of hydrogen-bond acceptors (Lipinski definition) is 6. The van der Waals surface area contributed by atoms with Gasteiger partial charge in [0.1, 0.15) is 24.4 Å². The monoisotopic (exact) mass is 282 g/mol. The molecule has 0 spiro atoms. The Hall–Kier alpha value is -1.02. The molecule has 6 heteroatoms. The lowest BCUT2D eigenvalue weighted by Crippen LogP contribution is -2.62. The van der Waals surface area contributed by atoms with Crippen molar-refractivity contribution in [3.63, 3.8) is 0 Å². The molecular weight excluding hydrogens is 264 g/mol. The van der Waals surface area contributed by atoms with E-state index in [2.05, 4.69) is 0 Å². The molecule has 2 saturated heterocycles. The van der Waals surface area contributed by atoms with Crippen LogP contribution in [0.25, 0.3) is 0 Å². The van der Waals surface area contributed by atoms with Crippen LogP contribution < -0.4 is 0 Å². The van der Waals surface area contributed by atoms with Crippen LogP contribution in [0.5, 0.6) is 0 Å². The minimum Gasteiger partial charge on any atom is -0.387 e. The first-order chi connectivity index (χ1) is 9.70. The Kier molecular flexibility index (Phi) is 4.02. The molecule has 6 atom stereocenters. The van der Waals surface area contributed by atoms with Crippen LogP contribution in [0.4, 0.5) is 0 Å². The van der Waals surface area contributed by atoms with Gasteiger partial charge in [0, 0.05) is 12.7 Å². The van der Waals surface area contributed by atoms with Gasteiger partial charge in [-0.25, -0.2) is 0 Å². The summed E-state index contributed by atoms with van der Waals surface area (Å²) in [6.45, 7) is 0.245. The molecule has 0 amide bonds. The van der Waals surface area contributed by atoms with Gasteiger partial charge in [-0.1, -0.05) is 30.3 Å². The zero-order valence-corrected chi connectivity index (χ0v) is 11.1. The van der Waals surface area contributed by atoms with Crippen molar-refractivity contribution in [2.45, 2.75) is 37.0 Å². The van der Waals surface area contributed by atoms with Gasteiger partial charge in [-0.2, -0.15) is 0 Å². The van der Waals surface area contributed by atoms with Gasteiger partial charge in [-0.05, 0) is 0 Å². The predicted octanol–water partition coefficient (Wildman–Crippen LogP) is 0.194. The quantitative estimate of drug-likeness (QED) is 0.806. The minimum absolute atomic E-state index is 0.245. The third-order valence-electron chi connectivity index (χ3n) is 3.67. The number of aliphatic hydroxyl groups is 2. The average Bonchev–Trinajstić information content (AvgIpc) is 2.48. The Balaban J connectivity index is 1.75. The van der Waals surface area contributed by atoms with E-state index >= 15 is 0 Å². The second-order valence-electron chi connectivity index (χ2n) is 4.93. The normalized spacial score (nSPS) is 41.1. The summed E-state index contributed by atoms with van der Waals surface area (Å²) in [4.78, 5) is 0. The van der Waals surface area contributed by atoms with Crippen molar-refractivity contribution in [2.24, 2.45) is 0 Å². The highest BCUT2D eigenvalue weighted by atomic mass is 16.7. The molecule has 2 N–H and O–H groups in total. The number of aliphatic hydroxyl groups excluding tert-OH is 2. The molecule has 6 nitrogen and oxygen atoms in total. The highest BCUT2D eigenvalue weighted by Crippen LogP contribution is 2.34. The van der Waals surface area contributed by atoms with E-state index < -0.39 is 37.0 Å². The number of benzene rings is 1. The second kappa shape index (κ2) is 5.77. The topological polar surface area (TPSA) is 77.4 Å². The van der Waals surface area contributed by atoms with E-state index in [1.165, 1.54) is 7.11 Å². The molecule has 0 radical (unpaired) electrons. The standard InChI is InChI=1S/C14H18O6/c1-17-12-10(15)11-9(19-13(12)16)7-18-14(20-11)8-5-3-2-4-6-8/h2-6,9-16H,7H2,1H3/t9-,10-,11-,12-,13+,14?/m1/s1. The molecule has 1 unspecified atom stereocenters. The molecule has 2 aliphatic heterocycles. The summed E-state index contributed by atoms with van der Waals surface area (Å²) in [7, 11) is 1.41. The number of ether oxygens (including phenoxy) is 4. The highest BCUT2D eigenvalue weighted by molar-refractivity contribution is 5.16. The van der Waals surface area contributed by atoms with Crippen LogP contribution in [0.2, 0.25) is 0 Å². The van der Waals surface area contributed by atoms with Gasteiger partial charge in [-0.15, -0.1) is 0 Å². The molecule has 0 saturated carbocycles. The van der Waals surface area contributed by atoms with E-state index in [9.17, 15) is 10.2 Å². The summed E-state index contributed by atoms with van der Waals surface area (Å²) in [5.74, 6) is 0. The van der Waals surface area contributed by atoms with E-state index in [4.69, 9.17) is 18.9 Å². The van der Waals surface area contributed by atoms with Crippen LogP contribution >= 0.6 is 0 Å². The summed E-state index contributed by atoms with van der Waals surface area (Å²) in [6, 6.07) is 9.48. The van der Waals surface area contributed by atoms with E-state index in [1.807, 2.05) is 30.3 Å². The Morgan fingerprint density at radius 3 is 2.60 bits per heavy atom. The van der Waals surface area contributed by atoms with Crippen molar-refractivity contribution >= 4 is 0 Å². The molecule has 1 aromatic carbocycles. The molecule has 3 rings (SSSR count).